The molecule has 6 saturated heterocycles. The van der Waals surface area contributed by atoms with E-state index >= 15 is 0 Å². The average molecular weight is 1300 g/mol. The first-order valence-electron chi connectivity index (χ1n) is 30.5. The summed E-state index contributed by atoms with van der Waals surface area (Å²) in [5.41, 5.74) is 5.60. The second-order valence-electron chi connectivity index (χ2n) is 23.7. The molecule has 6 aliphatic rings. The van der Waals surface area contributed by atoms with Crippen LogP contribution in [0.25, 0.3) is 0 Å². The number of carbonyl (C=O) groups is 6. The van der Waals surface area contributed by atoms with Gasteiger partial charge in [0.15, 0.2) is 0 Å². The number of aromatic nitrogens is 1. The smallest absolute Gasteiger partial charge is 0.407 e. The lowest BCUT2D eigenvalue weighted by Crippen LogP contribution is -2.52. The molecule has 7 rings (SSSR count). The number of carboxylic acid groups (broad SMARTS) is 1. The number of nitrogens with one attached hydrogen (secondary N) is 3. The zero-order valence-corrected chi connectivity index (χ0v) is 54.7. The van der Waals surface area contributed by atoms with Crippen LogP contribution < -0.4 is 21.7 Å². The number of amides is 3. The van der Waals surface area contributed by atoms with Gasteiger partial charge in [0.1, 0.15) is 59.5 Å². The van der Waals surface area contributed by atoms with E-state index in [1.165, 1.54) is 26.0 Å². The van der Waals surface area contributed by atoms with Crippen molar-refractivity contribution < 1.29 is 86.7 Å². The third-order valence-electron chi connectivity index (χ3n) is 15.7. The van der Waals surface area contributed by atoms with E-state index in [9.17, 15) is 34.2 Å². The number of nitrogens with two attached hydrogens (primary N) is 1. The van der Waals surface area contributed by atoms with Crippen molar-refractivity contribution in [1.29, 1.82) is 0 Å². The van der Waals surface area contributed by atoms with Crippen molar-refractivity contribution in [2.75, 3.05) is 32.9 Å². The van der Waals surface area contributed by atoms with Crippen LogP contribution in [0.15, 0.2) is 102 Å². The second-order valence-corrected chi connectivity index (χ2v) is 26.4. The number of carbonyl (C=O) groups excluding carboxylic acids is 5. The molecule has 7 heterocycles. The molecule has 1 aromatic heterocycles. The molecular weight excluding hydrogens is 1200 g/mol. The Morgan fingerprint density at radius 2 is 1.26 bits per heavy atom. The number of aliphatic hydroxyl groups is 2. The Morgan fingerprint density at radius 3 is 1.76 bits per heavy atom. The standard InChI is InChI=1S/C36H51N3O9S2.C26H40N2O7.C2H4O2.CH4/c1-22(10-13-30-23(2)17-29(26(5)47-30)39-32(41)15-12-24(3)46-27(6)40)11-14-31-34(42)36(21-45-36)18-28(48-31)19-38-35(43)44-20-25(4)49-50-33-9-7-8-16-37-33;1-16-12-21(28-24(30)11-10-17(2)33-19(4)29)18(3)34-22(16)8-6-5-7-9-23-25(31)26(15-32-26)13-20(14-27)35-23;1-2(3)4;/h7-12,14-16,23-26,28-31,34,42H,13,17-21H2,1-6H3,(H,38,43)(H,39,41);5-7,9-11,16-18,20-23,25,31H,8,12-15,27H2,1-4H3,(H,28,30);1H3,(H,3,4);1H4/b14-11+,15-12-,22-10+;6-5+,9-7+,11-10-;;/t23-,24-,25+,26+,28-,29+,30-,31+,34+,36+;16-,17-,18+,20-,21+,22-,23+,25+,26+;;/m00../s1. The molecule has 3 amide bonds. The number of hydrogen-bond donors (Lipinski definition) is 7. The predicted octanol–water partition coefficient (Wildman–Crippen LogP) is 7.19. The normalized spacial score (nSPS) is 32.4. The molecule has 90 heavy (non-hydrogen) atoms. The number of aliphatic hydroxyl groups excluding tert-OH is 2. The maximum Gasteiger partial charge on any atom is 0.407 e. The largest absolute Gasteiger partial charge is 0.481 e. The van der Waals surface area contributed by atoms with Crippen LogP contribution in [-0.2, 0) is 66.6 Å². The number of allylic oxidation sites excluding steroid dienone is 4. The first kappa shape index (κ1) is 77.0. The molecule has 25 heteroatoms. The molecule has 0 radical (unpaired) electrons. The predicted molar refractivity (Wildman–Crippen MR) is 343 cm³/mol. The molecule has 6 fully saturated rings. The molecule has 8 N–H and O–H groups in total. The van der Waals surface area contributed by atoms with E-state index in [2.05, 4.69) is 40.9 Å². The van der Waals surface area contributed by atoms with Crippen molar-refractivity contribution in [1.82, 2.24) is 20.9 Å². The summed E-state index contributed by atoms with van der Waals surface area (Å²) in [7, 11) is 3.13. The molecular formula is C65H99N5O18S2. The van der Waals surface area contributed by atoms with E-state index in [0.717, 1.165) is 36.8 Å². The zero-order valence-electron chi connectivity index (χ0n) is 53.1. The number of alkyl carbamates (subject to hydrolysis) is 1. The summed E-state index contributed by atoms with van der Waals surface area (Å²) in [5, 5.41) is 38.7. The van der Waals surface area contributed by atoms with Gasteiger partial charge in [-0.2, -0.15) is 0 Å². The van der Waals surface area contributed by atoms with E-state index in [1.807, 2.05) is 82.4 Å². The van der Waals surface area contributed by atoms with E-state index in [-0.39, 0.29) is 104 Å². The van der Waals surface area contributed by atoms with Gasteiger partial charge in [0, 0.05) is 70.3 Å². The van der Waals surface area contributed by atoms with Gasteiger partial charge in [-0.1, -0.05) is 86.2 Å². The van der Waals surface area contributed by atoms with Crippen LogP contribution in [0.4, 0.5) is 4.79 Å². The molecule has 19 atom stereocenters. The maximum atomic E-state index is 12.4. The summed E-state index contributed by atoms with van der Waals surface area (Å²) in [6.45, 7) is 21.1. The van der Waals surface area contributed by atoms with E-state index < -0.39 is 65.9 Å². The van der Waals surface area contributed by atoms with Crippen molar-refractivity contribution in [2.45, 2.75) is 229 Å². The van der Waals surface area contributed by atoms with Crippen LogP contribution in [0.1, 0.15) is 122 Å². The zero-order chi connectivity index (χ0) is 65.4. The molecule has 0 saturated carbocycles. The van der Waals surface area contributed by atoms with Crippen LogP contribution in [0.2, 0.25) is 0 Å². The molecule has 0 aliphatic carbocycles. The van der Waals surface area contributed by atoms with Gasteiger partial charge in [0.2, 0.25) is 11.8 Å². The van der Waals surface area contributed by atoms with Crippen molar-refractivity contribution in [3.05, 3.63) is 96.8 Å². The van der Waals surface area contributed by atoms with Gasteiger partial charge in [-0.05, 0) is 114 Å². The lowest BCUT2D eigenvalue weighted by Gasteiger charge is -2.39. The minimum Gasteiger partial charge on any atom is -0.481 e. The van der Waals surface area contributed by atoms with Gasteiger partial charge < -0.3 is 79.6 Å². The molecule has 0 unspecified atom stereocenters. The molecule has 6 aliphatic heterocycles. The fraction of sp³-hybridized carbons (Fsp3) is 0.646. The highest BCUT2D eigenvalue weighted by atomic mass is 33.1. The summed E-state index contributed by atoms with van der Waals surface area (Å²) < 4.78 is 51.2. The van der Waals surface area contributed by atoms with Gasteiger partial charge in [0.25, 0.3) is 5.97 Å². The molecule has 2 spiro atoms. The molecule has 23 nitrogen and oxygen atoms in total. The van der Waals surface area contributed by atoms with Gasteiger partial charge in [-0.15, -0.1) is 0 Å². The monoisotopic (exact) mass is 1300 g/mol. The Bertz CT molecular complexity index is 2630. The number of pyridine rings is 1. The maximum absolute atomic E-state index is 12.4. The van der Waals surface area contributed by atoms with Crippen LogP contribution in [0, 0.1) is 11.8 Å². The second kappa shape index (κ2) is 37.9. The average Bonchev–Trinajstić information content (AvgIpc) is 1.62. The number of aliphatic carboxylic acids is 1. The van der Waals surface area contributed by atoms with Crippen molar-refractivity contribution in [3.63, 3.8) is 0 Å². The summed E-state index contributed by atoms with van der Waals surface area (Å²) >= 11 is 0. The Morgan fingerprint density at radius 1 is 0.744 bits per heavy atom. The van der Waals surface area contributed by atoms with Crippen LogP contribution in [0.5, 0.6) is 0 Å². The SMILES string of the molecule is C.CC(=O)O.CC(=O)O[C@@H](C)/C=C\C(=O)N[C@@H]1C[C@H](C)[C@H](C/C=C(C)/C=C/[C@H]2O[C@H](CNC(=O)OC[C@@H](C)SSc3ccccn3)C[C@@]3(CO3)[C@@H]2O)O[C@@H]1C.CC(=O)O[C@@H](C)/C=C\C(=O)N[C@@H]1C[C@H](C)[C@H](C/C=C/C=C/[C@H]2O[C@H](CN)C[C@@]3(CO3)[C@@H]2O)O[C@@H]1C. The summed E-state index contributed by atoms with van der Waals surface area (Å²) in [6.07, 6.45) is 20.6. The first-order valence-corrected chi connectivity index (χ1v) is 32.7. The Kier molecular flexibility index (Phi) is 32.4. The number of nitrogens with zero attached hydrogens (tertiary/aromatic N) is 1. The van der Waals surface area contributed by atoms with Crippen LogP contribution in [0.3, 0.4) is 0 Å². The van der Waals surface area contributed by atoms with Gasteiger partial charge >= 0.3 is 18.0 Å². The van der Waals surface area contributed by atoms with Gasteiger partial charge in [-0.25, -0.2) is 9.78 Å². The minimum atomic E-state index is -0.833. The Balaban J connectivity index is 0.000000378. The third-order valence-corrected chi connectivity index (χ3v) is 18.4. The fourth-order valence-electron chi connectivity index (χ4n) is 10.6. The Labute approximate surface area is 538 Å². The highest BCUT2D eigenvalue weighted by Crippen LogP contribution is 2.44. The molecule has 0 aromatic carbocycles. The fourth-order valence-corrected chi connectivity index (χ4v) is 12.5. The molecule has 0 bridgehead atoms. The first-order chi connectivity index (χ1) is 42.2. The minimum absolute atomic E-state index is 0. The molecule has 504 valence electrons. The highest BCUT2D eigenvalue weighted by Gasteiger charge is 2.59. The Hall–Kier alpha value is -5.45. The van der Waals surface area contributed by atoms with Crippen LogP contribution in [-0.4, -0.2) is 191 Å². The molecule has 1 aromatic rings. The van der Waals surface area contributed by atoms with Gasteiger partial charge in [-0.3, -0.25) is 24.0 Å². The number of carboxylic acids is 1. The summed E-state index contributed by atoms with van der Waals surface area (Å²) in [6, 6.07) is 5.50. The quantitative estimate of drug-likeness (QED) is 0.0134. The number of rotatable bonds is 24. The van der Waals surface area contributed by atoms with Crippen molar-refractivity contribution in [3.8, 4) is 0 Å². The van der Waals surface area contributed by atoms with E-state index in [4.69, 9.17) is 58.3 Å². The third kappa shape index (κ3) is 26.6. The number of hydrogen-bond acceptors (Lipinski definition) is 21. The summed E-state index contributed by atoms with van der Waals surface area (Å²) in [4.78, 5) is 72.4. The number of epoxide rings is 2. The number of esters is 2. The summed E-state index contributed by atoms with van der Waals surface area (Å²) in [5.74, 6) is -1.64. The van der Waals surface area contributed by atoms with E-state index in [1.54, 1.807) is 53.8 Å². The van der Waals surface area contributed by atoms with Crippen molar-refractivity contribution >= 4 is 57.4 Å². The topological polar surface area (TPSA) is 328 Å². The lowest BCUT2D eigenvalue weighted by molar-refractivity contribution is -0.144. The lowest BCUT2D eigenvalue weighted by atomic mass is 9.87. The van der Waals surface area contributed by atoms with E-state index in [0.29, 0.717) is 39.0 Å². The highest BCUT2D eigenvalue weighted by molar-refractivity contribution is 8.76. The van der Waals surface area contributed by atoms with Crippen molar-refractivity contribution in [2.24, 2.45) is 17.6 Å². The number of ether oxygens (including phenoxy) is 9. The van der Waals surface area contributed by atoms with Gasteiger partial charge in [0.05, 0.1) is 61.9 Å². The van der Waals surface area contributed by atoms with Crippen LogP contribution >= 0.6 is 21.6 Å².